The number of aryl methyl sites for hydroxylation is 1. The summed E-state index contributed by atoms with van der Waals surface area (Å²) >= 11 is 0. The highest BCUT2D eigenvalue weighted by Gasteiger charge is 2.10. The molecule has 0 saturated heterocycles. The van der Waals surface area contributed by atoms with E-state index in [1.54, 1.807) is 30.6 Å². The number of rotatable bonds is 4. The van der Waals surface area contributed by atoms with Crippen molar-refractivity contribution in [3.8, 4) is 11.3 Å². The monoisotopic (exact) mass is 332 g/mol. The van der Waals surface area contributed by atoms with Crippen molar-refractivity contribution in [2.24, 2.45) is 0 Å². The lowest BCUT2D eigenvalue weighted by Crippen LogP contribution is -2.02. The lowest BCUT2D eigenvalue weighted by atomic mass is 10.1. The summed E-state index contributed by atoms with van der Waals surface area (Å²) in [6, 6.07) is 14.6. The third kappa shape index (κ3) is 3.08. The fourth-order valence-corrected chi connectivity index (χ4v) is 2.96. The molecule has 0 bridgehead atoms. The molecule has 4 nitrogen and oxygen atoms in total. The van der Waals surface area contributed by atoms with Crippen molar-refractivity contribution < 1.29 is 4.39 Å². The summed E-state index contributed by atoms with van der Waals surface area (Å²) in [5.74, 6) is 0.384. The Bertz CT molecular complexity index is 1010. The van der Waals surface area contributed by atoms with E-state index < -0.39 is 0 Å². The molecule has 0 saturated carbocycles. The van der Waals surface area contributed by atoms with Gasteiger partial charge in [0.1, 0.15) is 5.82 Å². The van der Waals surface area contributed by atoms with Crippen LogP contribution in [0, 0.1) is 12.7 Å². The van der Waals surface area contributed by atoms with Gasteiger partial charge in [-0.3, -0.25) is 0 Å². The van der Waals surface area contributed by atoms with E-state index >= 15 is 0 Å². The molecule has 0 aliphatic heterocycles. The minimum atomic E-state index is -0.228. The van der Waals surface area contributed by atoms with Gasteiger partial charge in [0.25, 0.3) is 0 Å². The zero-order valence-corrected chi connectivity index (χ0v) is 13.8. The third-order valence-electron chi connectivity index (χ3n) is 4.27. The topological polar surface area (TPSA) is 53.6 Å². The van der Waals surface area contributed by atoms with Gasteiger partial charge in [-0.25, -0.2) is 14.4 Å². The average Bonchev–Trinajstić information content (AvgIpc) is 2.98. The molecular formula is C20H17FN4. The summed E-state index contributed by atoms with van der Waals surface area (Å²) in [5.41, 5.74) is 5.36. The standard InChI is InChI=1S/C20H17FN4/c1-13-17-11-14(12-24-20-22-9-2-10-23-20)3-8-18(17)25-19(13)15-4-6-16(21)7-5-15/h2-11,25H,12H2,1H3,(H,22,23,24). The molecule has 2 heterocycles. The van der Waals surface area contributed by atoms with Crippen LogP contribution in [0.3, 0.4) is 0 Å². The van der Waals surface area contributed by atoms with E-state index in [-0.39, 0.29) is 5.82 Å². The van der Waals surface area contributed by atoms with E-state index in [1.165, 1.54) is 12.1 Å². The molecule has 25 heavy (non-hydrogen) atoms. The number of aromatic amines is 1. The normalized spacial score (nSPS) is 11.0. The van der Waals surface area contributed by atoms with Gasteiger partial charge in [-0.2, -0.15) is 0 Å². The lowest BCUT2D eigenvalue weighted by molar-refractivity contribution is 0.628. The molecule has 124 valence electrons. The van der Waals surface area contributed by atoms with E-state index in [0.717, 1.165) is 33.3 Å². The molecule has 4 rings (SSSR count). The van der Waals surface area contributed by atoms with Crippen molar-refractivity contribution in [2.45, 2.75) is 13.5 Å². The number of benzene rings is 2. The number of halogens is 1. The second-order valence-corrected chi connectivity index (χ2v) is 5.94. The molecule has 0 amide bonds. The second kappa shape index (κ2) is 6.36. The number of nitrogens with one attached hydrogen (secondary N) is 2. The van der Waals surface area contributed by atoms with Crippen LogP contribution in [0.5, 0.6) is 0 Å². The first-order valence-corrected chi connectivity index (χ1v) is 8.09. The lowest BCUT2D eigenvalue weighted by Gasteiger charge is -2.05. The van der Waals surface area contributed by atoms with Crippen LogP contribution in [0.1, 0.15) is 11.1 Å². The number of aromatic nitrogens is 3. The van der Waals surface area contributed by atoms with Gasteiger partial charge in [-0.15, -0.1) is 0 Å². The number of hydrogen-bond donors (Lipinski definition) is 2. The van der Waals surface area contributed by atoms with Crippen molar-refractivity contribution in [3.05, 3.63) is 77.9 Å². The molecule has 0 atom stereocenters. The van der Waals surface area contributed by atoms with Crippen LogP contribution < -0.4 is 5.32 Å². The van der Waals surface area contributed by atoms with Gasteiger partial charge < -0.3 is 10.3 Å². The Hall–Kier alpha value is -3.21. The maximum atomic E-state index is 13.2. The smallest absolute Gasteiger partial charge is 0.222 e. The van der Waals surface area contributed by atoms with Gasteiger partial charge in [-0.05, 0) is 66.1 Å². The SMILES string of the molecule is Cc1c(-c2ccc(F)cc2)[nH]c2ccc(CNc3ncccn3)cc12. The molecule has 2 aromatic heterocycles. The van der Waals surface area contributed by atoms with Crippen LogP contribution in [0.15, 0.2) is 60.9 Å². The predicted molar refractivity (Wildman–Crippen MR) is 97.8 cm³/mol. The Balaban J connectivity index is 1.64. The molecule has 4 aromatic rings. The highest BCUT2D eigenvalue weighted by Crippen LogP contribution is 2.30. The quantitative estimate of drug-likeness (QED) is 0.570. The molecule has 0 aliphatic carbocycles. The molecule has 0 radical (unpaired) electrons. The van der Waals surface area contributed by atoms with Gasteiger partial charge in [0.15, 0.2) is 0 Å². The summed E-state index contributed by atoms with van der Waals surface area (Å²) in [6.07, 6.45) is 3.42. The van der Waals surface area contributed by atoms with Crippen molar-refractivity contribution >= 4 is 16.9 Å². The first-order chi connectivity index (χ1) is 12.2. The Morgan fingerprint density at radius 3 is 2.56 bits per heavy atom. The van der Waals surface area contributed by atoms with E-state index in [0.29, 0.717) is 12.5 Å². The fourth-order valence-electron chi connectivity index (χ4n) is 2.96. The third-order valence-corrected chi connectivity index (χ3v) is 4.27. The van der Waals surface area contributed by atoms with Crippen molar-refractivity contribution in [1.82, 2.24) is 15.0 Å². The highest BCUT2D eigenvalue weighted by atomic mass is 19.1. The van der Waals surface area contributed by atoms with Crippen LogP contribution in [-0.4, -0.2) is 15.0 Å². The Kier molecular flexibility index (Phi) is 3.90. The maximum absolute atomic E-state index is 13.2. The fraction of sp³-hybridized carbons (Fsp3) is 0.100. The summed E-state index contributed by atoms with van der Waals surface area (Å²) in [4.78, 5) is 11.8. The van der Waals surface area contributed by atoms with E-state index in [4.69, 9.17) is 0 Å². The van der Waals surface area contributed by atoms with Gasteiger partial charge >= 0.3 is 0 Å². The second-order valence-electron chi connectivity index (χ2n) is 5.94. The predicted octanol–water partition coefficient (Wildman–Crippen LogP) is 4.68. The van der Waals surface area contributed by atoms with Crippen molar-refractivity contribution in [2.75, 3.05) is 5.32 Å². The summed E-state index contributed by atoms with van der Waals surface area (Å²) in [6.45, 7) is 2.73. The van der Waals surface area contributed by atoms with Gasteiger partial charge in [0.05, 0.1) is 0 Å². The molecular weight excluding hydrogens is 315 g/mol. The van der Waals surface area contributed by atoms with Crippen LogP contribution in [0.4, 0.5) is 10.3 Å². The minimum absolute atomic E-state index is 0.228. The highest BCUT2D eigenvalue weighted by molar-refractivity contribution is 5.91. The molecule has 0 spiro atoms. The van der Waals surface area contributed by atoms with Crippen molar-refractivity contribution in [3.63, 3.8) is 0 Å². The molecule has 2 N–H and O–H groups in total. The largest absolute Gasteiger partial charge is 0.354 e. The number of hydrogen-bond acceptors (Lipinski definition) is 3. The molecule has 2 aromatic carbocycles. The molecule has 5 heteroatoms. The Labute approximate surface area is 144 Å². The number of anilines is 1. The summed E-state index contributed by atoms with van der Waals surface area (Å²) < 4.78 is 13.2. The van der Waals surface area contributed by atoms with E-state index in [2.05, 4.69) is 45.4 Å². The summed E-state index contributed by atoms with van der Waals surface area (Å²) in [5, 5.41) is 4.38. The number of fused-ring (bicyclic) bond motifs is 1. The van der Waals surface area contributed by atoms with Crippen LogP contribution in [0.25, 0.3) is 22.2 Å². The first kappa shape index (κ1) is 15.3. The van der Waals surface area contributed by atoms with Crippen molar-refractivity contribution in [1.29, 1.82) is 0 Å². The Morgan fingerprint density at radius 2 is 1.80 bits per heavy atom. The Morgan fingerprint density at radius 1 is 1.04 bits per heavy atom. The zero-order chi connectivity index (χ0) is 17.2. The van der Waals surface area contributed by atoms with E-state index in [9.17, 15) is 4.39 Å². The molecule has 0 aliphatic rings. The molecule has 0 fully saturated rings. The zero-order valence-electron chi connectivity index (χ0n) is 13.8. The van der Waals surface area contributed by atoms with Crippen LogP contribution in [0.2, 0.25) is 0 Å². The van der Waals surface area contributed by atoms with E-state index in [1.807, 2.05) is 0 Å². The maximum Gasteiger partial charge on any atom is 0.222 e. The number of nitrogens with zero attached hydrogens (tertiary/aromatic N) is 2. The van der Waals surface area contributed by atoms with Crippen LogP contribution >= 0.6 is 0 Å². The average molecular weight is 332 g/mol. The molecule has 0 unspecified atom stereocenters. The summed E-state index contributed by atoms with van der Waals surface area (Å²) in [7, 11) is 0. The van der Waals surface area contributed by atoms with Gasteiger partial charge in [0.2, 0.25) is 5.95 Å². The van der Waals surface area contributed by atoms with Crippen LogP contribution in [-0.2, 0) is 6.54 Å². The van der Waals surface area contributed by atoms with Gasteiger partial charge in [0, 0.05) is 35.5 Å². The number of H-pyrrole nitrogens is 1. The first-order valence-electron chi connectivity index (χ1n) is 8.09. The van der Waals surface area contributed by atoms with Gasteiger partial charge in [-0.1, -0.05) is 6.07 Å². The minimum Gasteiger partial charge on any atom is -0.354 e.